The average Bonchev–Trinajstić information content (AvgIpc) is 3.01. The second kappa shape index (κ2) is 9.54. The highest BCUT2D eigenvalue weighted by molar-refractivity contribution is 7.09. The van der Waals surface area contributed by atoms with Gasteiger partial charge >= 0.3 is 0 Å². The molecule has 0 spiro atoms. The van der Waals surface area contributed by atoms with Crippen LogP contribution in [0, 0.1) is 13.8 Å². The first kappa shape index (κ1) is 21.5. The van der Waals surface area contributed by atoms with Gasteiger partial charge in [-0.15, -0.1) is 11.3 Å². The van der Waals surface area contributed by atoms with Gasteiger partial charge in [-0.05, 0) is 50.6 Å². The maximum atomic E-state index is 12.8. The summed E-state index contributed by atoms with van der Waals surface area (Å²) in [4.78, 5) is 31.3. The number of aromatic nitrogens is 1. The molecule has 1 N–H and O–H groups in total. The molecule has 1 heterocycles. The first-order valence-electron chi connectivity index (χ1n) is 9.70. The fraction of sp³-hybridized carbons (Fsp3) is 0.261. The van der Waals surface area contributed by atoms with Gasteiger partial charge in [0.05, 0.1) is 13.7 Å². The van der Waals surface area contributed by atoms with E-state index in [-0.39, 0.29) is 11.8 Å². The van der Waals surface area contributed by atoms with E-state index in [1.54, 1.807) is 31.4 Å². The van der Waals surface area contributed by atoms with Crippen LogP contribution in [0.2, 0.25) is 0 Å². The zero-order chi connectivity index (χ0) is 21.7. The Morgan fingerprint density at radius 3 is 2.63 bits per heavy atom. The van der Waals surface area contributed by atoms with Crippen molar-refractivity contribution in [3.05, 3.63) is 80.6 Å². The lowest BCUT2D eigenvalue weighted by Crippen LogP contribution is -2.26. The van der Waals surface area contributed by atoms with Crippen molar-refractivity contribution in [2.24, 2.45) is 4.99 Å². The van der Waals surface area contributed by atoms with E-state index in [1.807, 2.05) is 49.6 Å². The smallest absolute Gasteiger partial charge is 0.279 e. The number of nitrogens with zero attached hydrogens (tertiary/aromatic N) is 2. The topological polar surface area (TPSA) is 72.7 Å². The van der Waals surface area contributed by atoms with Crippen LogP contribution in [-0.4, -0.2) is 30.0 Å². The fourth-order valence-corrected chi connectivity index (χ4v) is 4.05. The predicted octanol–water partition coefficient (Wildman–Crippen LogP) is 3.71. The van der Waals surface area contributed by atoms with Gasteiger partial charge < -0.3 is 14.6 Å². The molecule has 156 valence electrons. The highest BCUT2D eigenvalue weighted by Crippen LogP contribution is 2.17. The van der Waals surface area contributed by atoms with Gasteiger partial charge in [-0.2, -0.15) is 4.99 Å². The van der Waals surface area contributed by atoms with Crippen LogP contribution in [0.5, 0.6) is 5.75 Å². The van der Waals surface area contributed by atoms with Crippen molar-refractivity contribution >= 4 is 23.2 Å². The molecular formula is C23H25N3O3S. The molecule has 2 amide bonds. The number of carbonyl (C=O) groups excluding carboxylic acids is 2. The molecule has 0 unspecified atom stereocenters. The molecule has 3 rings (SSSR count). The van der Waals surface area contributed by atoms with Crippen molar-refractivity contribution in [3.8, 4) is 5.75 Å². The summed E-state index contributed by atoms with van der Waals surface area (Å²) in [6.07, 6.45) is 0. The minimum atomic E-state index is -0.332. The number of thiazole rings is 1. The summed E-state index contributed by atoms with van der Waals surface area (Å²) in [5.74, 6) is 0.170. The van der Waals surface area contributed by atoms with Crippen LogP contribution in [0.1, 0.15) is 43.8 Å². The third kappa shape index (κ3) is 4.68. The lowest BCUT2D eigenvalue weighted by molar-refractivity contribution is 0.0953. The molecular weight excluding hydrogens is 398 g/mol. The molecule has 6 nitrogen and oxygen atoms in total. The normalized spacial score (nSPS) is 11.4. The predicted molar refractivity (Wildman–Crippen MR) is 118 cm³/mol. The van der Waals surface area contributed by atoms with E-state index >= 15 is 0 Å². The molecule has 0 atom stereocenters. The van der Waals surface area contributed by atoms with Gasteiger partial charge in [0.25, 0.3) is 11.8 Å². The zero-order valence-corrected chi connectivity index (χ0v) is 18.4. The Hall–Kier alpha value is -3.19. The van der Waals surface area contributed by atoms with Crippen molar-refractivity contribution in [2.45, 2.75) is 27.3 Å². The number of hydrogen-bond donors (Lipinski definition) is 1. The molecule has 0 radical (unpaired) electrons. The second-order valence-electron chi connectivity index (χ2n) is 6.78. The van der Waals surface area contributed by atoms with Crippen molar-refractivity contribution in [2.75, 3.05) is 13.7 Å². The van der Waals surface area contributed by atoms with Gasteiger partial charge in [0.1, 0.15) is 5.75 Å². The monoisotopic (exact) mass is 423 g/mol. The van der Waals surface area contributed by atoms with Crippen LogP contribution in [0.4, 0.5) is 0 Å². The summed E-state index contributed by atoms with van der Waals surface area (Å²) in [6.45, 7) is 6.90. The van der Waals surface area contributed by atoms with Gasteiger partial charge in [0.15, 0.2) is 4.80 Å². The molecule has 0 saturated carbocycles. The van der Waals surface area contributed by atoms with Crippen LogP contribution >= 0.6 is 11.3 Å². The number of amides is 2. The quantitative estimate of drug-likeness (QED) is 0.657. The second-order valence-corrected chi connectivity index (χ2v) is 7.96. The van der Waals surface area contributed by atoms with Crippen molar-refractivity contribution in [1.29, 1.82) is 0 Å². The summed E-state index contributed by atoms with van der Waals surface area (Å²) in [6, 6.07) is 14.4. The van der Waals surface area contributed by atoms with Gasteiger partial charge in [0, 0.05) is 28.2 Å². The number of aryl methyl sites for hydroxylation is 1. The van der Waals surface area contributed by atoms with Crippen molar-refractivity contribution in [3.63, 3.8) is 0 Å². The Labute approximate surface area is 179 Å². The number of benzene rings is 2. The summed E-state index contributed by atoms with van der Waals surface area (Å²) in [7, 11) is 1.56. The highest BCUT2D eigenvalue weighted by atomic mass is 32.1. The van der Waals surface area contributed by atoms with Crippen LogP contribution in [-0.2, 0) is 6.54 Å². The SMILES string of the molecule is CCNC(=O)c1ccccc1Cn1c(C)c(C)sc1=NC(=O)c1cccc(OC)c1. The van der Waals surface area contributed by atoms with Gasteiger partial charge in [-0.1, -0.05) is 24.3 Å². The van der Waals surface area contributed by atoms with Crippen molar-refractivity contribution < 1.29 is 14.3 Å². The van der Waals surface area contributed by atoms with E-state index in [2.05, 4.69) is 10.3 Å². The van der Waals surface area contributed by atoms with Crippen LogP contribution in [0.3, 0.4) is 0 Å². The number of methoxy groups -OCH3 is 1. The van der Waals surface area contributed by atoms with E-state index in [4.69, 9.17) is 4.74 Å². The minimum Gasteiger partial charge on any atom is -0.497 e. The molecule has 0 fully saturated rings. The minimum absolute atomic E-state index is 0.107. The Morgan fingerprint density at radius 1 is 1.13 bits per heavy atom. The Kier molecular flexibility index (Phi) is 6.84. The number of carbonyl (C=O) groups is 2. The van der Waals surface area contributed by atoms with Gasteiger partial charge in [-0.3, -0.25) is 9.59 Å². The molecule has 0 aliphatic heterocycles. The molecule has 30 heavy (non-hydrogen) atoms. The van der Waals surface area contributed by atoms with E-state index in [0.29, 0.717) is 34.8 Å². The van der Waals surface area contributed by atoms with E-state index in [0.717, 1.165) is 16.1 Å². The van der Waals surface area contributed by atoms with E-state index in [1.165, 1.54) is 11.3 Å². The van der Waals surface area contributed by atoms with Crippen molar-refractivity contribution in [1.82, 2.24) is 9.88 Å². The molecule has 1 aromatic heterocycles. The average molecular weight is 424 g/mol. The summed E-state index contributed by atoms with van der Waals surface area (Å²) >= 11 is 1.46. The number of hydrogen-bond acceptors (Lipinski definition) is 4. The van der Waals surface area contributed by atoms with Gasteiger partial charge in [0.2, 0.25) is 0 Å². The Morgan fingerprint density at radius 2 is 1.90 bits per heavy atom. The number of ether oxygens (including phenoxy) is 1. The summed E-state index contributed by atoms with van der Waals surface area (Å²) in [5.41, 5.74) is 2.98. The lowest BCUT2D eigenvalue weighted by Gasteiger charge is -2.12. The largest absolute Gasteiger partial charge is 0.497 e. The molecule has 2 aromatic carbocycles. The summed E-state index contributed by atoms with van der Waals surface area (Å²) in [5, 5.41) is 2.85. The van der Waals surface area contributed by atoms with Gasteiger partial charge in [-0.25, -0.2) is 0 Å². The number of rotatable bonds is 6. The van der Waals surface area contributed by atoms with E-state index in [9.17, 15) is 9.59 Å². The first-order chi connectivity index (χ1) is 14.4. The molecule has 3 aromatic rings. The lowest BCUT2D eigenvalue weighted by atomic mass is 10.1. The fourth-order valence-electron chi connectivity index (χ4n) is 3.08. The zero-order valence-electron chi connectivity index (χ0n) is 17.6. The van der Waals surface area contributed by atoms with Crippen LogP contribution < -0.4 is 14.9 Å². The standard InChI is InChI=1S/C23H25N3O3S/c1-5-24-22(28)20-12-7-6-9-18(20)14-26-15(2)16(3)30-23(26)25-21(27)17-10-8-11-19(13-17)29-4/h6-13H,5,14H2,1-4H3,(H,24,28). The third-order valence-electron chi connectivity index (χ3n) is 4.83. The molecule has 7 heteroatoms. The van der Waals surface area contributed by atoms with Crippen LogP contribution in [0.15, 0.2) is 53.5 Å². The Balaban J connectivity index is 2.02. The maximum Gasteiger partial charge on any atom is 0.279 e. The highest BCUT2D eigenvalue weighted by Gasteiger charge is 2.14. The van der Waals surface area contributed by atoms with Crippen LogP contribution in [0.25, 0.3) is 0 Å². The third-order valence-corrected chi connectivity index (χ3v) is 5.93. The van der Waals surface area contributed by atoms with E-state index < -0.39 is 0 Å². The summed E-state index contributed by atoms with van der Waals surface area (Å²) < 4.78 is 7.18. The Bertz CT molecular complexity index is 1140. The molecule has 0 saturated heterocycles. The maximum absolute atomic E-state index is 12.8. The first-order valence-corrected chi connectivity index (χ1v) is 10.5. The molecule has 0 aliphatic carbocycles. The number of nitrogens with one attached hydrogen (secondary N) is 1. The molecule has 0 aliphatic rings. The molecule has 0 bridgehead atoms.